The molecule has 0 aliphatic heterocycles. The van der Waals surface area contributed by atoms with Crippen LogP contribution in [0.4, 0.5) is 0 Å². The van der Waals surface area contributed by atoms with Gasteiger partial charge in [0.25, 0.3) is 11.8 Å². The number of aryl methyl sites for hydroxylation is 1. The monoisotopic (exact) mass is 434 g/mol. The first-order chi connectivity index (χ1) is 15.6. The molecule has 1 aromatic heterocycles. The number of carbonyl (C=O) groups is 2. The number of rotatable bonds is 10. The molecule has 0 saturated heterocycles. The van der Waals surface area contributed by atoms with Gasteiger partial charge in [-0.1, -0.05) is 12.1 Å². The summed E-state index contributed by atoms with van der Waals surface area (Å²) in [4.78, 5) is 25.4. The molecule has 3 aromatic rings. The molecule has 0 atom stereocenters. The summed E-state index contributed by atoms with van der Waals surface area (Å²) in [6.45, 7) is 0.448. The number of amides is 2. The van der Waals surface area contributed by atoms with Crippen molar-refractivity contribution in [2.75, 3.05) is 20.8 Å². The molecule has 0 spiro atoms. The lowest BCUT2D eigenvalue weighted by Gasteiger charge is -2.11. The summed E-state index contributed by atoms with van der Waals surface area (Å²) in [7, 11) is 3.18. The lowest BCUT2D eigenvalue weighted by molar-refractivity contribution is -0.117. The molecule has 0 aliphatic carbocycles. The van der Waals surface area contributed by atoms with Crippen molar-refractivity contribution in [1.29, 1.82) is 0 Å². The Morgan fingerprint density at radius 2 is 1.75 bits per heavy atom. The highest BCUT2D eigenvalue weighted by Gasteiger charge is 2.15. The molecule has 0 fully saturated rings. The molecule has 0 radical (unpaired) electrons. The first-order valence-electron chi connectivity index (χ1n) is 10.2. The number of furan rings is 1. The van der Waals surface area contributed by atoms with Gasteiger partial charge in [-0.3, -0.25) is 9.59 Å². The average molecular weight is 434 g/mol. The summed E-state index contributed by atoms with van der Waals surface area (Å²) < 4.78 is 15.6. The van der Waals surface area contributed by atoms with Crippen molar-refractivity contribution in [3.63, 3.8) is 0 Å². The molecule has 0 saturated carbocycles. The highest BCUT2D eigenvalue weighted by atomic mass is 16.5. The molecular formula is C25H26N2O5. The number of hydrogen-bond donors (Lipinski definition) is 2. The first kappa shape index (κ1) is 22.7. The van der Waals surface area contributed by atoms with Gasteiger partial charge in [-0.25, -0.2) is 0 Å². The van der Waals surface area contributed by atoms with Crippen LogP contribution in [0.5, 0.6) is 11.5 Å². The number of nitrogens with one attached hydrogen (secondary N) is 2. The molecule has 7 nitrogen and oxygen atoms in total. The van der Waals surface area contributed by atoms with Crippen LogP contribution < -0.4 is 20.1 Å². The van der Waals surface area contributed by atoms with Crippen molar-refractivity contribution in [3.05, 3.63) is 89.5 Å². The first-order valence-corrected chi connectivity index (χ1v) is 10.2. The highest BCUT2D eigenvalue weighted by Crippen LogP contribution is 2.14. The van der Waals surface area contributed by atoms with Gasteiger partial charge in [-0.15, -0.1) is 0 Å². The molecule has 0 unspecified atom stereocenters. The average Bonchev–Trinajstić information content (AvgIpc) is 3.34. The molecule has 0 bridgehead atoms. The molecule has 166 valence electrons. The summed E-state index contributed by atoms with van der Waals surface area (Å²) in [5.74, 6) is 1.10. The number of hydrogen-bond acceptors (Lipinski definition) is 5. The molecule has 2 N–H and O–H groups in total. The van der Waals surface area contributed by atoms with Crippen LogP contribution in [0.1, 0.15) is 28.1 Å². The SMILES string of the molecule is COc1ccc(C(=O)N/C(=C\c2ccco2)C(=O)NCCCc2cccc(OC)c2)cc1. The van der Waals surface area contributed by atoms with Crippen molar-refractivity contribution in [2.45, 2.75) is 12.8 Å². The number of benzene rings is 2. The Labute approximate surface area is 187 Å². The lowest BCUT2D eigenvalue weighted by atomic mass is 10.1. The highest BCUT2D eigenvalue weighted by molar-refractivity contribution is 6.05. The number of carbonyl (C=O) groups excluding carboxylic acids is 2. The van der Waals surface area contributed by atoms with Crippen LogP contribution in [-0.4, -0.2) is 32.6 Å². The molecule has 2 amide bonds. The molecule has 32 heavy (non-hydrogen) atoms. The maximum Gasteiger partial charge on any atom is 0.267 e. The largest absolute Gasteiger partial charge is 0.497 e. The van der Waals surface area contributed by atoms with Gasteiger partial charge in [-0.2, -0.15) is 0 Å². The van der Waals surface area contributed by atoms with E-state index in [1.807, 2.05) is 24.3 Å². The van der Waals surface area contributed by atoms with E-state index in [0.717, 1.165) is 24.2 Å². The van der Waals surface area contributed by atoms with Crippen LogP contribution in [-0.2, 0) is 11.2 Å². The molecule has 1 heterocycles. The van der Waals surface area contributed by atoms with Crippen molar-refractivity contribution < 1.29 is 23.5 Å². The van der Waals surface area contributed by atoms with Crippen molar-refractivity contribution >= 4 is 17.9 Å². The van der Waals surface area contributed by atoms with Crippen LogP contribution in [0.3, 0.4) is 0 Å². The van der Waals surface area contributed by atoms with Crippen molar-refractivity contribution in [2.24, 2.45) is 0 Å². The summed E-state index contributed by atoms with van der Waals surface area (Å²) in [6.07, 6.45) is 4.52. The van der Waals surface area contributed by atoms with E-state index >= 15 is 0 Å². The van der Waals surface area contributed by atoms with Crippen LogP contribution in [0.15, 0.2) is 77.0 Å². The fraction of sp³-hybridized carbons (Fsp3) is 0.200. The Bertz CT molecular complexity index is 1060. The minimum absolute atomic E-state index is 0.0992. The van der Waals surface area contributed by atoms with Gasteiger partial charge < -0.3 is 24.5 Å². The van der Waals surface area contributed by atoms with Gasteiger partial charge in [0.2, 0.25) is 0 Å². The minimum Gasteiger partial charge on any atom is -0.497 e. The smallest absolute Gasteiger partial charge is 0.267 e. The van der Waals surface area contributed by atoms with Crippen molar-refractivity contribution in [1.82, 2.24) is 10.6 Å². The number of ether oxygens (including phenoxy) is 2. The Morgan fingerprint density at radius 3 is 2.44 bits per heavy atom. The van der Waals surface area contributed by atoms with Gasteiger partial charge in [0.1, 0.15) is 23.0 Å². The zero-order chi connectivity index (χ0) is 22.8. The second kappa shape index (κ2) is 11.4. The van der Waals surface area contributed by atoms with Gasteiger partial charge >= 0.3 is 0 Å². The second-order valence-electron chi connectivity index (χ2n) is 6.97. The van der Waals surface area contributed by atoms with Crippen LogP contribution in [0, 0.1) is 0 Å². The molecular weight excluding hydrogens is 408 g/mol. The van der Waals surface area contributed by atoms with E-state index in [9.17, 15) is 9.59 Å². The third-order valence-electron chi connectivity index (χ3n) is 4.74. The predicted octanol–water partition coefficient (Wildman–Crippen LogP) is 3.82. The summed E-state index contributed by atoms with van der Waals surface area (Å²) in [6, 6.07) is 17.9. The van der Waals surface area contributed by atoms with E-state index in [1.54, 1.807) is 50.6 Å². The Morgan fingerprint density at radius 1 is 0.969 bits per heavy atom. The van der Waals surface area contributed by atoms with Gasteiger partial charge in [0.15, 0.2) is 0 Å². The minimum atomic E-state index is -0.406. The Kier molecular flexibility index (Phi) is 8.09. The third kappa shape index (κ3) is 6.50. The summed E-state index contributed by atoms with van der Waals surface area (Å²) >= 11 is 0. The molecule has 2 aromatic carbocycles. The normalized spacial score (nSPS) is 11.0. The zero-order valence-electron chi connectivity index (χ0n) is 18.1. The quantitative estimate of drug-likeness (QED) is 0.374. The van der Waals surface area contributed by atoms with Crippen molar-refractivity contribution in [3.8, 4) is 11.5 Å². The van der Waals surface area contributed by atoms with Gasteiger partial charge in [-0.05, 0) is 66.9 Å². The second-order valence-corrected chi connectivity index (χ2v) is 6.97. The van der Waals surface area contributed by atoms with Crippen LogP contribution >= 0.6 is 0 Å². The predicted molar refractivity (Wildman–Crippen MR) is 121 cm³/mol. The standard InChI is InChI=1S/C25H26N2O5/c1-30-20-12-10-19(11-13-20)24(28)27-23(17-22-9-5-15-32-22)25(29)26-14-4-7-18-6-3-8-21(16-18)31-2/h3,5-6,8-13,15-17H,4,7,14H2,1-2H3,(H,26,29)(H,27,28)/b23-17-. The maximum absolute atomic E-state index is 12.8. The fourth-order valence-electron chi connectivity index (χ4n) is 3.03. The zero-order valence-corrected chi connectivity index (χ0v) is 18.1. The third-order valence-corrected chi connectivity index (χ3v) is 4.74. The topological polar surface area (TPSA) is 89.8 Å². The van der Waals surface area contributed by atoms with E-state index in [0.29, 0.717) is 23.6 Å². The lowest BCUT2D eigenvalue weighted by Crippen LogP contribution is -2.35. The van der Waals surface area contributed by atoms with E-state index < -0.39 is 11.8 Å². The fourth-order valence-corrected chi connectivity index (χ4v) is 3.03. The Balaban J connectivity index is 1.61. The van der Waals surface area contributed by atoms with Gasteiger partial charge in [0, 0.05) is 18.2 Å². The molecule has 0 aliphatic rings. The van der Waals surface area contributed by atoms with Crippen LogP contribution in [0.25, 0.3) is 6.08 Å². The summed E-state index contributed by atoms with van der Waals surface area (Å²) in [5.41, 5.74) is 1.63. The Hall–Kier alpha value is -4.00. The van der Waals surface area contributed by atoms with E-state index in [4.69, 9.17) is 13.9 Å². The molecule has 3 rings (SSSR count). The van der Waals surface area contributed by atoms with E-state index in [2.05, 4.69) is 10.6 Å². The van der Waals surface area contributed by atoms with Crippen LogP contribution in [0.2, 0.25) is 0 Å². The van der Waals surface area contributed by atoms with Gasteiger partial charge in [0.05, 0.1) is 20.5 Å². The maximum atomic E-state index is 12.8. The summed E-state index contributed by atoms with van der Waals surface area (Å²) in [5, 5.41) is 5.53. The number of methoxy groups -OCH3 is 2. The van der Waals surface area contributed by atoms with E-state index in [1.165, 1.54) is 12.3 Å². The molecule has 7 heteroatoms. The van der Waals surface area contributed by atoms with E-state index in [-0.39, 0.29) is 5.70 Å².